The molecule has 1 rings (SSSR count). The summed E-state index contributed by atoms with van der Waals surface area (Å²) < 4.78 is 385. The molecule has 0 saturated carbocycles. The topological polar surface area (TPSA) is 72.8 Å². The van der Waals surface area contributed by atoms with Gasteiger partial charge >= 0.3 is 71.6 Å². The second-order valence-corrected chi connectivity index (χ2v) is 12.4. The molecule has 0 unspecified atom stereocenters. The fourth-order valence-electron chi connectivity index (χ4n) is 3.75. The Labute approximate surface area is 292 Å². The molecular weight excluding hydrogens is 894 g/mol. The zero-order valence-corrected chi connectivity index (χ0v) is 26.6. The van der Waals surface area contributed by atoms with E-state index in [4.69, 9.17) is 4.55 Å². The van der Waals surface area contributed by atoms with Gasteiger partial charge in [0, 0.05) is 18.9 Å². The second kappa shape index (κ2) is 14.9. The van der Waals surface area contributed by atoms with Crippen LogP contribution in [0.4, 0.5) is 114 Å². The van der Waals surface area contributed by atoms with Crippen LogP contribution in [0.5, 0.6) is 11.5 Å². The minimum absolute atomic E-state index is 0.0392. The zero-order valence-electron chi connectivity index (χ0n) is 25.8. The third-order valence-electron chi connectivity index (χ3n) is 7.00. The Morgan fingerprint density at radius 1 is 0.429 bits per heavy atom. The molecule has 0 saturated heterocycles. The van der Waals surface area contributed by atoms with Crippen LogP contribution < -0.4 is 9.47 Å². The summed E-state index contributed by atoms with van der Waals surface area (Å²) >= 11 is 0. The summed E-state index contributed by atoms with van der Waals surface area (Å²) in [5, 5.41) is 0. The number of ether oxygens (including phenoxy) is 2. The van der Waals surface area contributed by atoms with E-state index in [0.717, 1.165) is 0 Å². The van der Waals surface area contributed by atoms with Crippen LogP contribution in [0.15, 0.2) is 23.1 Å². The van der Waals surface area contributed by atoms with Crippen LogP contribution >= 0.6 is 0 Å². The molecule has 0 amide bonds. The molecule has 1 aromatic carbocycles. The molecule has 0 aliphatic rings. The smallest absolute Gasteiger partial charge is 0.460 e. The van der Waals surface area contributed by atoms with Gasteiger partial charge in [-0.2, -0.15) is 123 Å². The first-order valence-corrected chi connectivity index (χ1v) is 15.0. The van der Waals surface area contributed by atoms with E-state index in [-0.39, 0.29) is 18.2 Å². The lowest BCUT2D eigenvalue weighted by atomic mass is 9.92. The van der Waals surface area contributed by atoms with Crippen LogP contribution in [-0.2, 0) is 10.1 Å². The van der Waals surface area contributed by atoms with Crippen LogP contribution in [0, 0.1) is 0 Å². The molecule has 0 atom stereocenters. The van der Waals surface area contributed by atoms with Crippen molar-refractivity contribution in [2.75, 3.05) is 13.2 Å². The molecule has 56 heavy (non-hydrogen) atoms. The van der Waals surface area contributed by atoms with E-state index in [1.807, 2.05) is 0 Å². The highest BCUT2D eigenvalue weighted by molar-refractivity contribution is 7.85. The first-order chi connectivity index (χ1) is 24.3. The SMILES string of the molecule is O=S(=O)(O)c1ccc(OCCCC(F)(F)C(F)(F)C(F)(F)C(F)(F)C(F)(F)C(F)(F)F)c(OCCCC(F)(F)C(F)(F)C(F)(F)C(F)(F)C(F)(F)C(F)(F)F)c1. The number of benzene rings is 1. The van der Waals surface area contributed by atoms with Gasteiger partial charge in [0.25, 0.3) is 10.1 Å². The van der Waals surface area contributed by atoms with Gasteiger partial charge in [0.1, 0.15) is 0 Å². The lowest BCUT2D eigenvalue weighted by Gasteiger charge is -2.39. The molecule has 330 valence electrons. The lowest BCUT2D eigenvalue weighted by molar-refractivity contribution is -0.440. The van der Waals surface area contributed by atoms with E-state index < -0.39 is 137 Å². The van der Waals surface area contributed by atoms with Gasteiger partial charge in [-0.1, -0.05) is 0 Å². The fourth-order valence-corrected chi connectivity index (χ4v) is 4.25. The number of rotatable bonds is 19. The van der Waals surface area contributed by atoms with Crippen molar-refractivity contribution in [3.63, 3.8) is 0 Å². The summed E-state index contributed by atoms with van der Waals surface area (Å²) in [7, 11) is -5.36. The third kappa shape index (κ3) is 8.53. The maximum absolute atomic E-state index is 14.0. The molecule has 1 N–H and O–H groups in total. The van der Waals surface area contributed by atoms with Crippen LogP contribution in [-0.4, -0.2) is 97.8 Å². The van der Waals surface area contributed by atoms with Gasteiger partial charge in [-0.3, -0.25) is 4.55 Å². The Kier molecular flexibility index (Phi) is 13.6. The Balaban J connectivity index is 3.24. The van der Waals surface area contributed by atoms with Crippen LogP contribution in [0.1, 0.15) is 25.7 Å². The van der Waals surface area contributed by atoms with Crippen molar-refractivity contribution in [2.45, 2.75) is 102 Å². The van der Waals surface area contributed by atoms with Crippen molar-refractivity contribution >= 4 is 10.1 Å². The minimum atomic E-state index is -8.24. The first-order valence-electron chi connectivity index (χ1n) is 13.6. The summed E-state index contributed by atoms with van der Waals surface area (Å²) in [6, 6.07) is 0.556. The number of hydrogen-bond acceptors (Lipinski definition) is 4. The van der Waals surface area contributed by atoms with E-state index in [2.05, 4.69) is 9.47 Å². The van der Waals surface area contributed by atoms with Gasteiger partial charge in [-0.25, -0.2) is 0 Å². The van der Waals surface area contributed by atoms with Crippen molar-refractivity contribution in [3.8, 4) is 11.5 Å². The zero-order chi connectivity index (χ0) is 45.0. The number of halogens is 26. The average Bonchev–Trinajstić information content (AvgIpc) is 2.99. The van der Waals surface area contributed by atoms with Crippen molar-refractivity contribution < 1.29 is 137 Å². The second-order valence-electron chi connectivity index (χ2n) is 11.0. The molecule has 0 aliphatic carbocycles. The largest absolute Gasteiger partial charge is 0.490 e. The molecule has 5 nitrogen and oxygen atoms in total. The molecule has 0 aromatic heterocycles. The van der Waals surface area contributed by atoms with E-state index in [0.29, 0.717) is 0 Å². The maximum Gasteiger partial charge on any atom is 0.460 e. The van der Waals surface area contributed by atoms with Gasteiger partial charge in [-0.05, 0) is 25.0 Å². The standard InChI is InChI=1S/C24H16F26O5S/c25-13(26,15(29,30)17(33,34)19(37,38)21(41,42)23(45,46)47)5-1-7-54-11-4-3-10(56(51,52)53)9-12(11)55-8-2-6-14(27,28)16(31,32)18(35,36)20(39,40)22(43,44)24(48,49)50/h3-4,9H,1-2,5-8H2,(H,51,52,53). The fraction of sp³-hybridized carbons (Fsp3) is 0.750. The molecular formula is C24H16F26O5S. The monoisotopic (exact) mass is 910 g/mol. The van der Waals surface area contributed by atoms with Crippen LogP contribution in [0.3, 0.4) is 0 Å². The quantitative estimate of drug-likeness (QED) is 0.0851. The first kappa shape index (κ1) is 50.9. The molecule has 32 heteroatoms. The molecule has 0 radical (unpaired) electrons. The highest BCUT2D eigenvalue weighted by atomic mass is 32.2. The molecule has 0 fully saturated rings. The van der Waals surface area contributed by atoms with E-state index in [1.165, 1.54) is 0 Å². The predicted octanol–water partition coefficient (Wildman–Crippen LogP) is 10.7. The van der Waals surface area contributed by atoms with Crippen LogP contribution in [0.2, 0.25) is 0 Å². The number of alkyl halides is 26. The summed E-state index contributed by atoms with van der Waals surface area (Å²) in [5.41, 5.74) is 0. The van der Waals surface area contributed by atoms with Crippen molar-refractivity contribution in [3.05, 3.63) is 18.2 Å². The minimum Gasteiger partial charge on any atom is -0.490 e. The van der Waals surface area contributed by atoms with Crippen LogP contribution in [0.25, 0.3) is 0 Å². The summed E-state index contributed by atoms with van der Waals surface area (Å²) in [4.78, 5) is -1.32. The van der Waals surface area contributed by atoms with Gasteiger partial charge in [0.15, 0.2) is 11.5 Å². The third-order valence-corrected chi connectivity index (χ3v) is 7.84. The molecule has 0 aliphatic heterocycles. The predicted molar refractivity (Wildman–Crippen MR) is 127 cm³/mol. The molecule has 0 bridgehead atoms. The molecule has 0 spiro atoms. The number of hydrogen-bond donors (Lipinski definition) is 1. The van der Waals surface area contributed by atoms with Gasteiger partial charge in [0.2, 0.25) is 0 Å². The summed E-state index contributed by atoms with van der Waals surface area (Å²) in [6.07, 6.45) is -24.8. The van der Waals surface area contributed by atoms with E-state index >= 15 is 0 Å². The molecule has 1 aromatic rings. The Bertz CT molecular complexity index is 1630. The van der Waals surface area contributed by atoms with E-state index in [9.17, 15) is 123 Å². The van der Waals surface area contributed by atoms with E-state index in [1.54, 1.807) is 0 Å². The van der Waals surface area contributed by atoms with Crippen molar-refractivity contribution in [1.82, 2.24) is 0 Å². The molecule has 0 heterocycles. The Hall–Kier alpha value is -3.09. The maximum atomic E-state index is 14.0. The van der Waals surface area contributed by atoms with Crippen molar-refractivity contribution in [2.24, 2.45) is 0 Å². The van der Waals surface area contributed by atoms with Gasteiger partial charge in [-0.15, -0.1) is 0 Å². The van der Waals surface area contributed by atoms with Gasteiger partial charge in [0.05, 0.1) is 18.1 Å². The Morgan fingerprint density at radius 3 is 1.00 bits per heavy atom. The average molecular weight is 910 g/mol. The summed E-state index contributed by atoms with van der Waals surface area (Å²) in [5.74, 6) is -80.0. The van der Waals surface area contributed by atoms with Gasteiger partial charge < -0.3 is 9.47 Å². The van der Waals surface area contributed by atoms with Crippen molar-refractivity contribution in [1.29, 1.82) is 0 Å². The lowest BCUT2D eigenvalue weighted by Crippen LogP contribution is -2.70. The normalized spacial score (nSPS) is 15.6. The highest BCUT2D eigenvalue weighted by Gasteiger charge is 2.92. The Morgan fingerprint density at radius 2 is 0.714 bits per heavy atom. The summed E-state index contributed by atoms with van der Waals surface area (Å²) in [6.45, 7) is -3.31. The highest BCUT2D eigenvalue weighted by Crippen LogP contribution is 2.62.